The third kappa shape index (κ3) is 3.57. The van der Waals surface area contributed by atoms with Gasteiger partial charge < -0.3 is 4.89 Å². The first-order valence-electron chi connectivity index (χ1n) is 2.15. The van der Waals surface area contributed by atoms with Crippen molar-refractivity contribution in [3.8, 4) is 0 Å². The van der Waals surface area contributed by atoms with Crippen LogP contribution >= 0.6 is 0 Å². The molecule has 0 amide bonds. The molecule has 0 aliphatic rings. The molecule has 8 heavy (non-hydrogen) atoms. The van der Waals surface area contributed by atoms with Crippen LogP contribution < -0.4 is 0 Å². The standard InChI is InChI=1S/C4H8O3Si/c1-2-3-4(5)6-7-8/h2H,1,3H2,8H3. The largest absolute Gasteiger partial charge is 0.344 e. The molecule has 0 aromatic heterocycles. The summed E-state index contributed by atoms with van der Waals surface area (Å²) in [7, 11) is 0.417. The van der Waals surface area contributed by atoms with E-state index in [0.29, 0.717) is 10.5 Å². The molecule has 0 unspecified atom stereocenters. The van der Waals surface area contributed by atoms with E-state index in [0.717, 1.165) is 0 Å². The first-order valence-corrected chi connectivity index (χ1v) is 2.97. The van der Waals surface area contributed by atoms with Crippen molar-refractivity contribution < 1.29 is 14.3 Å². The molecule has 0 fully saturated rings. The average molecular weight is 132 g/mol. The minimum Gasteiger partial charge on any atom is -0.311 e. The molecule has 46 valence electrons. The van der Waals surface area contributed by atoms with Crippen LogP contribution in [0.4, 0.5) is 0 Å². The number of hydrogen-bond donors (Lipinski definition) is 0. The van der Waals surface area contributed by atoms with Gasteiger partial charge in [-0.15, -0.1) is 6.58 Å². The van der Waals surface area contributed by atoms with Gasteiger partial charge in [-0.3, -0.25) is 4.58 Å². The molecule has 0 atom stereocenters. The Kier molecular flexibility index (Phi) is 4.20. The molecular formula is C4H8O3Si. The number of rotatable bonds is 3. The molecule has 4 heteroatoms. The zero-order valence-electron chi connectivity index (χ0n) is 4.72. The van der Waals surface area contributed by atoms with Gasteiger partial charge in [-0.2, -0.15) is 0 Å². The summed E-state index contributed by atoms with van der Waals surface area (Å²) in [6.07, 6.45) is 1.67. The van der Waals surface area contributed by atoms with Gasteiger partial charge in [0.05, 0.1) is 6.42 Å². The molecule has 0 N–H and O–H groups in total. The third-order valence-corrected chi connectivity index (χ3v) is 0.654. The highest BCUT2D eigenvalue weighted by Crippen LogP contribution is 1.84. The fraction of sp³-hybridized carbons (Fsp3) is 0.250. The Morgan fingerprint density at radius 1 is 1.88 bits per heavy atom. The smallest absolute Gasteiger partial charge is 0.311 e. The molecule has 3 nitrogen and oxygen atoms in total. The van der Waals surface area contributed by atoms with Gasteiger partial charge in [0.1, 0.15) is 0 Å². The van der Waals surface area contributed by atoms with E-state index in [2.05, 4.69) is 16.0 Å². The van der Waals surface area contributed by atoms with E-state index in [4.69, 9.17) is 0 Å². The number of hydrogen-bond acceptors (Lipinski definition) is 3. The van der Waals surface area contributed by atoms with Gasteiger partial charge in [0.15, 0.2) is 0 Å². The Balaban J connectivity index is 3.18. The Morgan fingerprint density at radius 2 is 2.50 bits per heavy atom. The Morgan fingerprint density at radius 3 is 2.88 bits per heavy atom. The van der Waals surface area contributed by atoms with Crippen molar-refractivity contribution in [2.45, 2.75) is 6.42 Å². The van der Waals surface area contributed by atoms with E-state index in [-0.39, 0.29) is 6.42 Å². The van der Waals surface area contributed by atoms with Gasteiger partial charge in [0.25, 0.3) is 0 Å². The quantitative estimate of drug-likeness (QED) is 0.221. The van der Waals surface area contributed by atoms with Crippen LogP contribution in [-0.4, -0.2) is 16.5 Å². The summed E-state index contributed by atoms with van der Waals surface area (Å²) < 4.78 is 4.20. The van der Waals surface area contributed by atoms with E-state index in [1.807, 2.05) is 0 Å². The van der Waals surface area contributed by atoms with Crippen LogP contribution in [0.2, 0.25) is 0 Å². The summed E-state index contributed by atoms with van der Waals surface area (Å²) in [5.41, 5.74) is 0. The highest BCUT2D eigenvalue weighted by Gasteiger charge is 1.95. The first kappa shape index (κ1) is 7.39. The Bertz CT molecular complexity index is 91.3. The molecule has 0 radical (unpaired) electrons. The maximum absolute atomic E-state index is 10.2. The lowest BCUT2D eigenvalue weighted by atomic mass is 10.4. The SMILES string of the molecule is C=CCC(=O)OO[SiH3]. The second-order valence-electron chi connectivity index (χ2n) is 1.11. The van der Waals surface area contributed by atoms with Crippen LogP contribution in [0.25, 0.3) is 0 Å². The van der Waals surface area contributed by atoms with Crippen molar-refractivity contribution in [1.82, 2.24) is 0 Å². The lowest BCUT2D eigenvalue weighted by Gasteiger charge is -1.93. The van der Waals surface area contributed by atoms with Crippen LogP contribution in [0.3, 0.4) is 0 Å². The minimum atomic E-state index is -0.394. The molecule has 0 aromatic rings. The van der Waals surface area contributed by atoms with Crippen LogP contribution in [-0.2, 0) is 14.3 Å². The minimum absolute atomic E-state index is 0.211. The van der Waals surface area contributed by atoms with Crippen molar-refractivity contribution >= 4 is 16.5 Å². The first-order chi connectivity index (χ1) is 3.81. The van der Waals surface area contributed by atoms with E-state index >= 15 is 0 Å². The monoisotopic (exact) mass is 132 g/mol. The van der Waals surface area contributed by atoms with Crippen molar-refractivity contribution in [1.29, 1.82) is 0 Å². The molecule has 0 saturated carbocycles. The van der Waals surface area contributed by atoms with Crippen LogP contribution in [0.5, 0.6) is 0 Å². The molecule has 0 spiro atoms. The molecular weight excluding hydrogens is 124 g/mol. The number of carbonyl (C=O) groups excluding carboxylic acids is 1. The molecule has 0 aliphatic heterocycles. The highest BCUT2D eigenvalue weighted by atomic mass is 28.2. The predicted octanol–water partition coefficient (Wildman–Crippen LogP) is -0.682. The fourth-order valence-corrected chi connectivity index (χ4v) is 0.431. The van der Waals surface area contributed by atoms with Crippen molar-refractivity contribution in [3.05, 3.63) is 12.7 Å². The van der Waals surface area contributed by atoms with Gasteiger partial charge in [0, 0.05) is 0 Å². The topological polar surface area (TPSA) is 35.5 Å². The summed E-state index contributed by atoms with van der Waals surface area (Å²) in [6.45, 7) is 3.34. The van der Waals surface area contributed by atoms with Gasteiger partial charge in [0.2, 0.25) is 10.5 Å². The Hall–Kier alpha value is -0.613. The zero-order valence-corrected chi connectivity index (χ0v) is 6.72. The van der Waals surface area contributed by atoms with Crippen LogP contribution in [0.15, 0.2) is 12.7 Å². The summed E-state index contributed by atoms with van der Waals surface area (Å²) in [6, 6.07) is 0. The lowest BCUT2D eigenvalue weighted by molar-refractivity contribution is -0.211. The maximum atomic E-state index is 10.2. The zero-order chi connectivity index (χ0) is 6.41. The summed E-state index contributed by atoms with van der Waals surface area (Å²) >= 11 is 0. The van der Waals surface area contributed by atoms with Crippen molar-refractivity contribution in [3.63, 3.8) is 0 Å². The van der Waals surface area contributed by atoms with E-state index in [1.165, 1.54) is 6.08 Å². The van der Waals surface area contributed by atoms with Crippen molar-refractivity contribution in [2.75, 3.05) is 0 Å². The van der Waals surface area contributed by atoms with Crippen LogP contribution in [0, 0.1) is 0 Å². The molecule has 0 saturated heterocycles. The summed E-state index contributed by atoms with van der Waals surface area (Å²) in [5.74, 6) is -0.394. The molecule has 0 aliphatic carbocycles. The third-order valence-electron chi connectivity index (χ3n) is 0.487. The second kappa shape index (κ2) is 4.54. The molecule has 0 rings (SSSR count). The van der Waals surface area contributed by atoms with E-state index in [9.17, 15) is 4.79 Å². The molecule has 0 bridgehead atoms. The fourth-order valence-electron chi connectivity index (χ4n) is 0.245. The maximum Gasteiger partial charge on any atom is 0.344 e. The normalized spacial score (nSPS) is 8.50. The Labute approximate surface area is 50.8 Å². The van der Waals surface area contributed by atoms with E-state index < -0.39 is 5.97 Å². The molecule has 0 aromatic carbocycles. The second-order valence-corrected chi connectivity index (χ2v) is 1.45. The average Bonchev–Trinajstić information content (AvgIpc) is 1.68. The van der Waals surface area contributed by atoms with Gasteiger partial charge in [-0.1, -0.05) is 6.08 Å². The van der Waals surface area contributed by atoms with Gasteiger partial charge >= 0.3 is 5.97 Å². The van der Waals surface area contributed by atoms with Crippen molar-refractivity contribution in [2.24, 2.45) is 0 Å². The molecule has 0 heterocycles. The number of carbonyl (C=O) groups is 1. The lowest BCUT2D eigenvalue weighted by Crippen LogP contribution is -2.01. The van der Waals surface area contributed by atoms with E-state index in [1.54, 1.807) is 0 Å². The highest BCUT2D eigenvalue weighted by molar-refractivity contribution is 5.97. The predicted molar refractivity (Wildman–Crippen MR) is 31.9 cm³/mol. The summed E-state index contributed by atoms with van der Waals surface area (Å²) in [4.78, 5) is 14.4. The van der Waals surface area contributed by atoms with Gasteiger partial charge in [-0.05, 0) is 0 Å². The summed E-state index contributed by atoms with van der Waals surface area (Å²) in [5, 5.41) is 0. The van der Waals surface area contributed by atoms with Gasteiger partial charge in [-0.25, -0.2) is 4.79 Å². The van der Waals surface area contributed by atoms with Crippen LogP contribution in [0.1, 0.15) is 6.42 Å².